The summed E-state index contributed by atoms with van der Waals surface area (Å²) in [6.07, 6.45) is -0.355. The standard InChI is InChI=1S/C10H8BrN3/c1-7-12-6-13-10(14-7)8-3-2-4-9(11)5-8/h2-6H,1H3/i1D3,6D. The van der Waals surface area contributed by atoms with Crippen LogP contribution in [0.2, 0.25) is 0 Å². The van der Waals surface area contributed by atoms with Gasteiger partial charge in [0.1, 0.15) is 13.5 Å². The van der Waals surface area contributed by atoms with Gasteiger partial charge in [0.15, 0.2) is 5.82 Å². The van der Waals surface area contributed by atoms with E-state index in [-0.39, 0.29) is 18.0 Å². The molecule has 0 unspecified atom stereocenters. The normalized spacial score (nSPS) is 15.2. The molecule has 14 heavy (non-hydrogen) atoms. The Bertz CT molecular complexity index is 586. The fourth-order valence-corrected chi connectivity index (χ4v) is 1.43. The van der Waals surface area contributed by atoms with Crippen molar-refractivity contribution in [1.29, 1.82) is 0 Å². The second-order valence-electron chi connectivity index (χ2n) is 2.59. The summed E-state index contributed by atoms with van der Waals surface area (Å²) in [5.41, 5.74) is 0.630. The Hall–Kier alpha value is -1.29. The minimum atomic E-state index is -2.44. The first-order chi connectivity index (χ1) is 8.36. The van der Waals surface area contributed by atoms with Gasteiger partial charge < -0.3 is 0 Å². The van der Waals surface area contributed by atoms with Crippen molar-refractivity contribution in [3.05, 3.63) is 40.9 Å². The summed E-state index contributed by atoms with van der Waals surface area (Å²) in [5.74, 6) is -0.181. The van der Waals surface area contributed by atoms with Gasteiger partial charge in [-0.25, -0.2) is 15.0 Å². The molecule has 0 saturated carbocycles. The number of nitrogens with zero attached hydrogens (tertiary/aromatic N) is 3. The van der Waals surface area contributed by atoms with Crippen LogP contribution >= 0.6 is 15.9 Å². The fourth-order valence-electron chi connectivity index (χ4n) is 1.03. The fraction of sp³-hybridized carbons (Fsp3) is 0.100. The number of benzene rings is 1. The molecule has 0 aliphatic rings. The molecule has 0 N–H and O–H groups in total. The van der Waals surface area contributed by atoms with Gasteiger partial charge in [-0.3, -0.25) is 0 Å². The van der Waals surface area contributed by atoms with Crippen molar-refractivity contribution in [2.45, 2.75) is 6.85 Å². The lowest BCUT2D eigenvalue weighted by Gasteiger charge is -2.00. The predicted molar refractivity (Wildman–Crippen MR) is 57.7 cm³/mol. The Kier molecular flexibility index (Phi) is 1.52. The van der Waals surface area contributed by atoms with Crippen molar-refractivity contribution in [2.24, 2.45) is 0 Å². The molecule has 70 valence electrons. The van der Waals surface area contributed by atoms with Gasteiger partial charge in [-0.1, -0.05) is 28.1 Å². The first-order valence-corrected chi connectivity index (χ1v) is 4.64. The van der Waals surface area contributed by atoms with Crippen LogP contribution < -0.4 is 0 Å². The summed E-state index contributed by atoms with van der Waals surface area (Å²) in [6, 6.07) is 7.10. The van der Waals surface area contributed by atoms with Gasteiger partial charge >= 0.3 is 0 Å². The maximum atomic E-state index is 7.44. The van der Waals surface area contributed by atoms with Gasteiger partial charge in [-0.2, -0.15) is 0 Å². The van der Waals surface area contributed by atoms with Crippen LogP contribution in [0, 0.1) is 6.85 Å². The molecule has 3 nitrogen and oxygen atoms in total. The molecule has 2 aromatic rings. The summed E-state index contributed by atoms with van der Waals surface area (Å²) in [4.78, 5) is 11.2. The van der Waals surface area contributed by atoms with Crippen LogP contribution in [0.5, 0.6) is 0 Å². The molecule has 0 bridgehead atoms. The van der Waals surface area contributed by atoms with E-state index in [1.54, 1.807) is 18.2 Å². The van der Waals surface area contributed by atoms with Crippen molar-refractivity contribution in [3.63, 3.8) is 0 Å². The van der Waals surface area contributed by atoms with Gasteiger partial charge in [0.2, 0.25) is 0 Å². The van der Waals surface area contributed by atoms with Crippen molar-refractivity contribution in [1.82, 2.24) is 15.0 Å². The molecule has 0 spiro atoms. The molecule has 0 atom stereocenters. The number of hydrogen-bond acceptors (Lipinski definition) is 3. The molecule has 0 amide bonds. The molecule has 2 rings (SSSR count). The first-order valence-electron chi connectivity index (χ1n) is 5.85. The molecule has 1 heterocycles. The summed E-state index contributed by atoms with van der Waals surface area (Å²) in [5, 5.41) is 0. The number of halogens is 1. The van der Waals surface area contributed by atoms with Gasteiger partial charge in [0.05, 0.1) is 0 Å². The highest BCUT2D eigenvalue weighted by Crippen LogP contribution is 2.18. The Morgan fingerprint density at radius 1 is 1.43 bits per heavy atom. The lowest BCUT2D eigenvalue weighted by atomic mass is 10.2. The average molecular weight is 254 g/mol. The van der Waals surface area contributed by atoms with Crippen LogP contribution in [0.25, 0.3) is 11.4 Å². The zero-order chi connectivity index (χ0) is 13.3. The average Bonchev–Trinajstić information content (AvgIpc) is 2.27. The molecular weight excluding hydrogens is 242 g/mol. The molecular formula is C10H8BrN3. The maximum absolute atomic E-state index is 7.44. The number of aryl methyl sites for hydroxylation is 1. The quantitative estimate of drug-likeness (QED) is 0.785. The molecule has 1 aromatic heterocycles. The summed E-state index contributed by atoms with van der Waals surface area (Å²) in [7, 11) is 0. The molecule has 0 saturated heterocycles. The summed E-state index contributed by atoms with van der Waals surface area (Å²) >= 11 is 3.31. The van der Waals surface area contributed by atoms with Crippen molar-refractivity contribution < 1.29 is 5.48 Å². The van der Waals surface area contributed by atoms with Gasteiger partial charge in [-0.15, -0.1) is 0 Å². The number of aromatic nitrogens is 3. The van der Waals surface area contributed by atoms with Crippen molar-refractivity contribution in [2.75, 3.05) is 0 Å². The highest BCUT2D eigenvalue weighted by Gasteiger charge is 2.01. The Labute approximate surface area is 96.0 Å². The SMILES string of the molecule is [2H]c1nc(-c2cccc(Br)c2)nc(C([2H])([2H])[2H])n1. The van der Waals surface area contributed by atoms with Crippen molar-refractivity contribution in [3.8, 4) is 11.4 Å². The molecule has 1 aromatic carbocycles. The monoisotopic (exact) mass is 253 g/mol. The Balaban J connectivity index is 2.55. The van der Waals surface area contributed by atoms with Crippen LogP contribution in [-0.2, 0) is 0 Å². The lowest BCUT2D eigenvalue weighted by Crippen LogP contribution is -1.93. The Morgan fingerprint density at radius 2 is 2.36 bits per heavy atom. The van der Waals surface area contributed by atoms with Crippen LogP contribution in [0.1, 0.15) is 11.3 Å². The number of hydrogen-bond donors (Lipinski definition) is 0. The van der Waals surface area contributed by atoms with E-state index in [0.29, 0.717) is 5.56 Å². The van der Waals surface area contributed by atoms with Gasteiger partial charge in [-0.05, 0) is 19.0 Å². The van der Waals surface area contributed by atoms with E-state index in [1.165, 1.54) is 0 Å². The third kappa shape index (κ3) is 1.96. The maximum Gasteiger partial charge on any atom is 0.163 e. The van der Waals surface area contributed by atoms with Crippen molar-refractivity contribution >= 4 is 15.9 Å². The van der Waals surface area contributed by atoms with Crippen LogP contribution in [0.15, 0.2) is 35.0 Å². The van der Waals surface area contributed by atoms with Crippen LogP contribution in [-0.4, -0.2) is 15.0 Å². The van der Waals surface area contributed by atoms with E-state index in [2.05, 4.69) is 30.9 Å². The van der Waals surface area contributed by atoms with E-state index in [9.17, 15) is 0 Å². The van der Waals surface area contributed by atoms with Crippen LogP contribution in [0.3, 0.4) is 0 Å². The highest BCUT2D eigenvalue weighted by atomic mass is 79.9. The van der Waals surface area contributed by atoms with E-state index < -0.39 is 6.85 Å². The second-order valence-corrected chi connectivity index (χ2v) is 3.51. The smallest absolute Gasteiger partial charge is 0.163 e. The lowest BCUT2D eigenvalue weighted by molar-refractivity contribution is 0.983. The van der Waals surface area contributed by atoms with Gasteiger partial charge in [0.25, 0.3) is 0 Å². The van der Waals surface area contributed by atoms with E-state index in [0.717, 1.165) is 4.47 Å². The predicted octanol–water partition coefficient (Wildman–Crippen LogP) is 2.61. The Morgan fingerprint density at radius 3 is 3.14 bits per heavy atom. The second kappa shape index (κ2) is 3.84. The first kappa shape index (κ1) is 5.56. The van der Waals surface area contributed by atoms with E-state index in [4.69, 9.17) is 5.48 Å². The van der Waals surface area contributed by atoms with Crippen LogP contribution in [0.4, 0.5) is 0 Å². The third-order valence-corrected chi connectivity index (χ3v) is 2.10. The zero-order valence-electron chi connectivity index (χ0n) is 11.0. The summed E-state index contributed by atoms with van der Waals surface area (Å²) < 4.78 is 30.0. The molecule has 4 heteroatoms. The molecule has 0 radical (unpaired) electrons. The molecule has 0 fully saturated rings. The topological polar surface area (TPSA) is 38.7 Å². The number of rotatable bonds is 1. The largest absolute Gasteiger partial charge is 0.222 e. The minimum Gasteiger partial charge on any atom is -0.222 e. The van der Waals surface area contributed by atoms with E-state index >= 15 is 0 Å². The zero-order valence-corrected chi connectivity index (χ0v) is 8.62. The summed E-state index contributed by atoms with van der Waals surface area (Å²) in [6.45, 7) is -2.44. The molecule has 0 aliphatic carbocycles. The minimum absolute atomic E-state index is 0.183. The van der Waals surface area contributed by atoms with E-state index in [1.807, 2.05) is 6.07 Å². The molecule has 0 aliphatic heterocycles. The van der Waals surface area contributed by atoms with Gasteiger partial charge in [0, 0.05) is 14.1 Å². The third-order valence-electron chi connectivity index (χ3n) is 1.61. The highest BCUT2D eigenvalue weighted by molar-refractivity contribution is 9.10.